The lowest BCUT2D eigenvalue weighted by molar-refractivity contribution is 0.128. The van der Waals surface area contributed by atoms with E-state index in [-0.39, 0.29) is 0 Å². The van der Waals surface area contributed by atoms with Crippen molar-refractivity contribution in [1.82, 2.24) is 5.32 Å². The average Bonchev–Trinajstić information content (AvgIpc) is 2.01. The summed E-state index contributed by atoms with van der Waals surface area (Å²) < 4.78 is 5.22. The predicted octanol–water partition coefficient (Wildman–Crippen LogP) is 1.02. The van der Waals surface area contributed by atoms with Crippen molar-refractivity contribution in [2.45, 2.75) is 26.8 Å². The summed E-state index contributed by atoms with van der Waals surface area (Å²) in [5, 5.41) is 3.22. The van der Waals surface area contributed by atoms with Gasteiger partial charge in [-0.15, -0.1) is 5.92 Å². The Bertz CT molecular complexity index is 134. The summed E-state index contributed by atoms with van der Waals surface area (Å²) in [6.07, 6.45) is 0. The van der Waals surface area contributed by atoms with E-state index in [4.69, 9.17) is 4.74 Å². The second-order valence-electron chi connectivity index (χ2n) is 2.37. The molecular weight excluding hydrogens is 138 g/mol. The topological polar surface area (TPSA) is 21.3 Å². The summed E-state index contributed by atoms with van der Waals surface area (Å²) >= 11 is 0. The highest BCUT2D eigenvalue weighted by Gasteiger charge is 1.96. The first-order valence-corrected chi connectivity index (χ1v) is 4.02. The molecule has 0 fully saturated rings. The average molecular weight is 155 g/mol. The van der Waals surface area contributed by atoms with Gasteiger partial charge in [-0.1, -0.05) is 5.92 Å². The first-order valence-electron chi connectivity index (χ1n) is 4.02. The molecule has 0 saturated heterocycles. The Morgan fingerprint density at radius 1 is 1.55 bits per heavy atom. The van der Waals surface area contributed by atoms with E-state index >= 15 is 0 Å². The van der Waals surface area contributed by atoms with Gasteiger partial charge < -0.3 is 10.1 Å². The van der Waals surface area contributed by atoms with Gasteiger partial charge in [0.2, 0.25) is 0 Å². The molecular formula is C9H17NO. The maximum atomic E-state index is 5.22. The fourth-order valence-electron chi connectivity index (χ4n) is 0.667. The van der Waals surface area contributed by atoms with Gasteiger partial charge in [0.15, 0.2) is 0 Å². The molecule has 0 aromatic heterocycles. The van der Waals surface area contributed by atoms with Crippen LogP contribution in [0.5, 0.6) is 0 Å². The summed E-state index contributed by atoms with van der Waals surface area (Å²) in [6, 6.07) is 0.399. The smallest absolute Gasteiger partial charge is 0.0617 e. The SMILES string of the molecule is CC#CCNC(C)COCC. The maximum absolute atomic E-state index is 5.22. The van der Waals surface area contributed by atoms with Crippen molar-refractivity contribution >= 4 is 0 Å². The third-order valence-corrected chi connectivity index (χ3v) is 1.29. The van der Waals surface area contributed by atoms with Crippen LogP contribution in [0.2, 0.25) is 0 Å². The van der Waals surface area contributed by atoms with Gasteiger partial charge in [-0.2, -0.15) is 0 Å². The van der Waals surface area contributed by atoms with E-state index in [1.807, 2.05) is 13.8 Å². The van der Waals surface area contributed by atoms with Gasteiger partial charge in [0, 0.05) is 12.6 Å². The second kappa shape index (κ2) is 7.59. The van der Waals surface area contributed by atoms with Crippen molar-refractivity contribution in [1.29, 1.82) is 0 Å². The molecule has 0 bridgehead atoms. The van der Waals surface area contributed by atoms with Crippen molar-refractivity contribution in [3.05, 3.63) is 0 Å². The Hall–Kier alpha value is -0.520. The van der Waals surface area contributed by atoms with Gasteiger partial charge in [-0.05, 0) is 20.8 Å². The van der Waals surface area contributed by atoms with E-state index < -0.39 is 0 Å². The fourth-order valence-corrected chi connectivity index (χ4v) is 0.667. The largest absolute Gasteiger partial charge is 0.380 e. The minimum Gasteiger partial charge on any atom is -0.380 e. The molecule has 64 valence electrons. The molecule has 0 aliphatic rings. The summed E-state index contributed by atoms with van der Waals surface area (Å²) in [7, 11) is 0. The van der Waals surface area contributed by atoms with Gasteiger partial charge in [-0.3, -0.25) is 0 Å². The van der Waals surface area contributed by atoms with Crippen LogP contribution in [0.3, 0.4) is 0 Å². The van der Waals surface area contributed by atoms with Crippen molar-refractivity contribution in [3.8, 4) is 11.8 Å². The van der Waals surface area contributed by atoms with Gasteiger partial charge in [0.25, 0.3) is 0 Å². The van der Waals surface area contributed by atoms with E-state index in [2.05, 4.69) is 24.1 Å². The lowest BCUT2D eigenvalue weighted by Crippen LogP contribution is -2.30. The minimum absolute atomic E-state index is 0.399. The van der Waals surface area contributed by atoms with Crippen LogP contribution in [0.4, 0.5) is 0 Å². The quantitative estimate of drug-likeness (QED) is 0.599. The van der Waals surface area contributed by atoms with E-state index in [9.17, 15) is 0 Å². The summed E-state index contributed by atoms with van der Waals surface area (Å²) in [5.41, 5.74) is 0. The fraction of sp³-hybridized carbons (Fsp3) is 0.778. The monoisotopic (exact) mass is 155 g/mol. The lowest BCUT2D eigenvalue weighted by Gasteiger charge is -2.10. The minimum atomic E-state index is 0.399. The molecule has 0 aliphatic carbocycles. The first kappa shape index (κ1) is 10.5. The number of rotatable bonds is 5. The molecule has 0 rings (SSSR count). The highest BCUT2D eigenvalue weighted by atomic mass is 16.5. The van der Waals surface area contributed by atoms with E-state index in [0.29, 0.717) is 6.04 Å². The molecule has 0 aliphatic heterocycles. The molecule has 0 aromatic rings. The summed E-state index contributed by atoms with van der Waals surface area (Å²) in [5.74, 6) is 5.76. The van der Waals surface area contributed by atoms with Crippen LogP contribution in [-0.2, 0) is 4.74 Å². The molecule has 0 aromatic carbocycles. The van der Waals surface area contributed by atoms with Crippen LogP contribution in [0.25, 0.3) is 0 Å². The van der Waals surface area contributed by atoms with Gasteiger partial charge in [0.05, 0.1) is 13.2 Å². The van der Waals surface area contributed by atoms with Crippen molar-refractivity contribution < 1.29 is 4.74 Å². The zero-order valence-electron chi connectivity index (χ0n) is 7.61. The third-order valence-electron chi connectivity index (χ3n) is 1.29. The number of hydrogen-bond acceptors (Lipinski definition) is 2. The van der Waals surface area contributed by atoms with E-state index in [1.54, 1.807) is 0 Å². The normalized spacial score (nSPS) is 11.9. The lowest BCUT2D eigenvalue weighted by atomic mass is 10.3. The molecule has 0 amide bonds. The molecule has 1 atom stereocenters. The molecule has 11 heavy (non-hydrogen) atoms. The Morgan fingerprint density at radius 3 is 2.82 bits per heavy atom. The number of hydrogen-bond donors (Lipinski definition) is 1. The molecule has 0 heterocycles. The van der Waals surface area contributed by atoms with Crippen LogP contribution in [0, 0.1) is 11.8 Å². The van der Waals surface area contributed by atoms with Crippen molar-refractivity contribution in [2.24, 2.45) is 0 Å². The molecule has 0 spiro atoms. The maximum Gasteiger partial charge on any atom is 0.0617 e. The van der Waals surface area contributed by atoms with Crippen LogP contribution in [-0.4, -0.2) is 25.8 Å². The van der Waals surface area contributed by atoms with Crippen LogP contribution >= 0.6 is 0 Å². The predicted molar refractivity (Wildman–Crippen MR) is 47.4 cm³/mol. The molecule has 0 radical (unpaired) electrons. The summed E-state index contributed by atoms with van der Waals surface area (Å²) in [6.45, 7) is 8.23. The summed E-state index contributed by atoms with van der Waals surface area (Å²) in [4.78, 5) is 0. The molecule has 1 unspecified atom stereocenters. The Morgan fingerprint density at radius 2 is 2.27 bits per heavy atom. The standard InChI is InChI=1S/C9H17NO/c1-4-6-7-10-9(3)8-11-5-2/h9-10H,5,7-8H2,1-3H3. The van der Waals surface area contributed by atoms with Gasteiger partial charge >= 0.3 is 0 Å². The zero-order chi connectivity index (χ0) is 8.53. The number of nitrogens with one attached hydrogen (secondary N) is 1. The molecule has 1 N–H and O–H groups in total. The van der Waals surface area contributed by atoms with Gasteiger partial charge in [0.1, 0.15) is 0 Å². The molecule has 2 nitrogen and oxygen atoms in total. The van der Waals surface area contributed by atoms with Crippen molar-refractivity contribution in [3.63, 3.8) is 0 Å². The van der Waals surface area contributed by atoms with E-state index in [0.717, 1.165) is 19.8 Å². The second-order valence-corrected chi connectivity index (χ2v) is 2.37. The highest BCUT2D eigenvalue weighted by Crippen LogP contribution is 1.82. The molecule has 2 heteroatoms. The Balaban J connectivity index is 3.19. The van der Waals surface area contributed by atoms with Crippen LogP contribution < -0.4 is 5.32 Å². The van der Waals surface area contributed by atoms with Crippen molar-refractivity contribution in [2.75, 3.05) is 19.8 Å². The number of ether oxygens (including phenoxy) is 1. The van der Waals surface area contributed by atoms with E-state index in [1.165, 1.54) is 0 Å². The Labute approximate surface area is 69.3 Å². The highest BCUT2D eigenvalue weighted by molar-refractivity contribution is 4.97. The Kier molecular flexibility index (Phi) is 7.23. The van der Waals surface area contributed by atoms with Crippen LogP contribution in [0.15, 0.2) is 0 Å². The zero-order valence-corrected chi connectivity index (χ0v) is 7.61. The van der Waals surface area contributed by atoms with Crippen LogP contribution in [0.1, 0.15) is 20.8 Å². The van der Waals surface area contributed by atoms with Gasteiger partial charge in [-0.25, -0.2) is 0 Å². The molecule has 0 saturated carbocycles. The third kappa shape index (κ3) is 7.38. The first-order chi connectivity index (χ1) is 5.31.